The Morgan fingerprint density at radius 3 is 2.38 bits per heavy atom. The molecule has 1 aliphatic carbocycles. The summed E-state index contributed by atoms with van der Waals surface area (Å²) in [5.41, 5.74) is 0. The maximum atomic E-state index is 11.8. The second-order valence-corrected chi connectivity index (χ2v) is 6.84. The van der Waals surface area contributed by atoms with Crippen LogP contribution in [0.4, 0.5) is 0 Å². The maximum Gasteiger partial charge on any atom is 0.211 e. The molecule has 0 aromatic heterocycles. The van der Waals surface area contributed by atoms with Gasteiger partial charge in [0.1, 0.15) is 0 Å². The largest absolute Gasteiger partial charge is 0.377 e. The third kappa shape index (κ3) is 2.96. The lowest BCUT2D eigenvalue weighted by Crippen LogP contribution is -2.42. The first-order valence-corrected chi connectivity index (χ1v) is 8.00. The number of hydrogen-bond acceptors (Lipinski definition) is 3. The van der Waals surface area contributed by atoms with Gasteiger partial charge in [0.05, 0.1) is 12.4 Å². The minimum atomic E-state index is -3.08. The zero-order valence-electron chi connectivity index (χ0n) is 9.89. The molecule has 2 aliphatic rings. The summed E-state index contributed by atoms with van der Waals surface area (Å²) in [6, 6.07) is 0.221. The lowest BCUT2D eigenvalue weighted by atomic mass is 10.2. The molecule has 0 bridgehead atoms. The molecule has 1 saturated carbocycles. The van der Waals surface area contributed by atoms with Crippen LogP contribution in [0.2, 0.25) is 0 Å². The van der Waals surface area contributed by atoms with E-state index in [-0.39, 0.29) is 12.1 Å². The third-order valence-electron chi connectivity index (χ3n) is 3.57. The lowest BCUT2D eigenvalue weighted by Gasteiger charge is -2.28. The van der Waals surface area contributed by atoms with E-state index in [4.69, 9.17) is 4.74 Å². The van der Waals surface area contributed by atoms with Gasteiger partial charge in [0, 0.05) is 19.2 Å². The number of hydrogen-bond donors (Lipinski definition) is 0. The van der Waals surface area contributed by atoms with Crippen molar-refractivity contribution < 1.29 is 13.2 Å². The molecular formula is C11H21NO3S. The first-order chi connectivity index (χ1) is 7.57. The van der Waals surface area contributed by atoms with E-state index in [1.165, 1.54) is 6.26 Å². The molecule has 0 radical (unpaired) electrons. The van der Waals surface area contributed by atoms with E-state index in [9.17, 15) is 8.42 Å². The zero-order chi connectivity index (χ0) is 11.6. The average Bonchev–Trinajstić information content (AvgIpc) is 2.85. The first kappa shape index (κ1) is 12.3. The van der Waals surface area contributed by atoms with Crippen molar-refractivity contribution in [1.82, 2.24) is 4.31 Å². The van der Waals surface area contributed by atoms with E-state index in [1.807, 2.05) is 0 Å². The van der Waals surface area contributed by atoms with Gasteiger partial charge in [0.25, 0.3) is 0 Å². The average molecular weight is 247 g/mol. The second-order valence-electron chi connectivity index (χ2n) is 4.91. The highest BCUT2D eigenvalue weighted by Gasteiger charge is 2.32. The number of rotatable bonds is 4. The summed E-state index contributed by atoms with van der Waals surface area (Å²) in [6.07, 6.45) is 7.84. The first-order valence-electron chi connectivity index (χ1n) is 6.16. The third-order valence-corrected chi connectivity index (χ3v) is 4.86. The van der Waals surface area contributed by atoms with E-state index in [2.05, 4.69) is 0 Å². The highest BCUT2D eigenvalue weighted by atomic mass is 32.2. The number of sulfonamides is 1. The molecule has 94 valence electrons. The lowest BCUT2D eigenvalue weighted by molar-refractivity contribution is 0.0863. The molecule has 0 N–H and O–H groups in total. The van der Waals surface area contributed by atoms with Crippen LogP contribution in [0.1, 0.15) is 38.5 Å². The summed E-state index contributed by atoms with van der Waals surface area (Å²) in [6.45, 7) is 1.34. The molecule has 1 saturated heterocycles. The summed E-state index contributed by atoms with van der Waals surface area (Å²) in [4.78, 5) is 0. The van der Waals surface area contributed by atoms with Crippen LogP contribution in [-0.4, -0.2) is 44.3 Å². The fourth-order valence-electron chi connectivity index (χ4n) is 2.74. The van der Waals surface area contributed by atoms with Crippen LogP contribution >= 0.6 is 0 Å². The van der Waals surface area contributed by atoms with Crippen LogP contribution < -0.4 is 0 Å². The minimum Gasteiger partial charge on any atom is -0.377 e. The molecule has 1 heterocycles. The molecule has 16 heavy (non-hydrogen) atoms. The fraction of sp³-hybridized carbons (Fsp3) is 1.00. The van der Waals surface area contributed by atoms with E-state index < -0.39 is 10.0 Å². The Morgan fingerprint density at radius 2 is 1.88 bits per heavy atom. The highest BCUT2D eigenvalue weighted by molar-refractivity contribution is 7.88. The second kappa shape index (κ2) is 5.02. The Labute approximate surface area is 98.0 Å². The summed E-state index contributed by atoms with van der Waals surface area (Å²) in [5, 5.41) is 0. The van der Waals surface area contributed by atoms with E-state index >= 15 is 0 Å². The topological polar surface area (TPSA) is 46.6 Å². The fourth-order valence-corrected chi connectivity index (χ4v) is 3.93. The van der Waals surface area contributed by atoms with Crippen LogP contribution in [0, 0.1) is 0 Å². The van der Waals surface area contributed by atoms with Crippen molar-refractivity contribution in [3.8, 4) is 0 Å². The van der Waals surface area contributed by atoms with E-state index in [0.717, 1.165) is 45.1 Å². The molecule has 4 nitrogen and oxygen atoms in total. The molecule has 0 aromatic rings. The van der Waals surface area contributed by atoms with Crippen LogP contribution in [0.25, 0.3) is 0 Å². The van der Waals surface area contributed by atoms with Crippen molar-refractivity contribution in [3.05, 3.63) is 0 Å². The summed E-state index contributed by atoms with van der Waals surface area (Å²) in [7, 11) is -3.08. The normalized spacial score (nSPS) is 28.0. The molecule has 5 heteroatoms. The standard InChI is InChI=1S/C11H21NO3S/c1-16(13,14)12(10-5-2-3-6-10)9-11-7-4-8-15-11/h10-11H,2-9H2,1H3. The van der Waals surface area contributed by atoms with Crippen molar-refractivity contribution in [1.29, 1.82) is 0 Å². The molecule has 2 rings (SSSR count). The van der Waals surface area contributed by atoms with Gasteiger partial charge < -0.3 is 4.74 Å². The van der Waals surface area contributed by atoms with Crippen molar-refractivity contribution in [2.24, 2.45) is 0 Å². The van der Waals surface area contributed by atoms with Crippen LogP contribution in [0.5, 0.6) is 0 Å². The quantitative estimate of drug-likeness (QED) is 0.754. The van der Waals surface area contributed by atoms with Gasteiger partial charge in [-0.2, -0.15) is 4.31 Å². The Balaban J connectivity index is 2.01. The zero-order valence-corrected chi connectivity index (χ0v) is 10.7. The van der Waals surface area contributed by atoms with Gasteiger partial charge in [-0.1, -0.05) is 12.8 Å². The molecule has 0 aromatic carbocycles. The maximum absolute atomic E-state index is 11.8. The smallest absolute Gasteiger partial charge is 0.211 e. The van der Waals surface area contributed by atoms with E-state index in [0.29, 0.717) is 6.54 Å². The number of ether oxygens (including phenoxy) is 1. The molecule has 0 spiro atoms. The molecule has 1 atom stereocenters. The summed E-state index contributed by atoms with van der Waals surface area (Å²) in [5.74, 6) is 0. The van der Waals surface area contributed by atoms with Crippen molar-refractivity contribution >= 4 is 10.0 Å². The van der Waals surface area contributed by atoms with Crippen LogP contribution in [0.3, 0.4) is 0 Å². The van der Waals surface area contributed by atoms with Crippen molar-refractivity contribution in [2.45, 2.75) is 50.7 Å². The molecule has 0 amide bonds. The highest BCUT2D eigenvalue weighted by Crippen LogP contribution is 2.27. The van der Waals surface area contributed by atoms with Gasteiger partial charge in [-0.15, -0.1) is 0 Å². The number of nitrogens with zero attached hydrogens (tertiary/aromatic N) is 1. The Hall–Kier alpha value is -0.130. The van der Waals surface area contributed by atoms with E-state index in [1.54, 1.807) is 4.31 Å². The van der Waals surface area contributed by atoms with Gasteiger partial charge in [0.2, 0.25) is 10.0 Å². The van der Waals surface area contributed by atoms with Crippen molar-refractivity contribution in [2.75, 3.05) is 19.4 Å². The summed E-state index contributed by atoms with van der Waals surface area (Å²) < 4.78 is 30.8. The van der Waals surface area contributed by atoms with Gasteiger partial charge in [-0.3, -0.25) is 0 Å². The van der Waals surface area contributed by atoms with Gasteiger partial charge in [-0.25, -0.2) is 8.42 Å². The summed E-state index contributed by atoms with van der Waals surface area (Å²) >= 11 is 0. The predicted molar refractivity (Wildman–Crippen MR) is 62.8 cm³/mol. The van der Waals surface area contributed by atoms with Crippen molar-refractivity contribution in [3.63, 3.8) is 0 Å². The molecule has 1 unspecified atom stereocenters. The van der Waals surface area contributed by atoms with Gasteiger partial charge >= 0.3 is 0 Å². The Kier molecular flexibility index (Phi) is 3.87. The Bertz CT molecular complexity index is 316. The molecular weight excluding hydrogens is 226 g/mol. The monoisotopic (exact) mass is 247 g/mol. The SMILES string of the molecule is CS(=O)(=O)N(CC1CCCO1)C1CCCC1. The van der Waals surface area contributed by atoms with Crippen LogP contribution in [0.15, 0.2) is 0 Å². The molecule has 2 fully saturated rings. The predicted octanol–water partition coefficient (Wildman–Crippen LogP) is 1.37. The van der Waals surface area contributed by atoms with Crippen LogP contribution in [-0.2, 0) is 14.8 Å². The Morgan fingerprint density at radius 1 is 1.19 bits per heavy atom. The van der Waals surface area contributed by atoms with Gasteiger partial charge in [-0.05, 0) is 25.7 Å². The molecule has 1 aliphatic heterocycles. The minimum absolute atomic E-state index is 0.121. The van der Waals surface area contributed by atoms with Gasteiger partial charge in [0.15, 0.2) is 0 Å².